The second-order valence-corrected chi connectivity index (χ2v) is 6.81. The standard InChI is InChI=1S/C19H25NO5/c1-19(2,3)25-18(22)20-10-8-13(9-11-20)14-6-7-15(17(21)24-5)16(12-14)23-4/h6-8,12H,9-11H2,1-5H3. The number of benzene rings is 1. The van der Waals surface area contributed by atoms with Crippen LogP contribution in [-0.2, 0) is 9.47 Å². The molecule has 0 fully saturated rings. The highest BCUT2D eigenvalue weighted by Gasteiger charge is 2.24. The molecule has 1 amide bonds. The lowest BCUT2D eigenvalue weighted by Crippen LogP contribution is -2.39. The van der Waals surface area contributed by atoms with Gasteiger partial charge in [0.25, 0.3) is 0 Å². The van der Waals surface area contributed by atoms with Gasteiger partial charge in [-0.15, -0.1) is 0 Å². The lowest BCUT2D eigenvalue weighted by Gasteiger charge is -2.29. The number of rotatable bonds is 3. The molecule has 0 unspecified atom stereocenters. The van der Waals surface area contributed by atoms with E-state index in [0.717, 1.165) is 11.1 Å². The summed E-state index contributed by atoms with van der Waals surface area (Å²) in [5, 5.41) is 0. The molecule has 0 N–H and O–H groups in total. The van der Waals surface area contributed by atoms with Gasteiger partial charge in [0.1, 0.15) is 16.9 Å². The van der Waals surface area contributed by atoms with E-state index in [2.05, 4.69) is 0 Å². The smallest absolute Gasteiger partial charge is 0.410 e. The summed E-state index contributed by atoms with van der Waals surface area (Å²) in [6.45, 7) is 6.63. The number of methoxy groups -OCH3 is 2. The van der Waals surface area contributed by atoms with Crippen LogP contribution < -0.4 is 4.74 Å². The minimum absolute atomic E-state index is 0.304. The van der Waals surface area contributed by atoms with Crippen LogP contribution in [0.4, 0.5) is 4.79 Å². The van der Waals surface area contributed by atoms with Crippen molar-refractivity contribution < 1.29 is 23.8 Å². The number of ether oxygens (including phenoxy) is 3. The van der Waals surface area contributed by atoms with Gasteiger partial charge in [0.05, 0.1) is 14.2 Å². The summed E-state index contributed by atoms with van der Waals surface area (Å²) >= 11 is 0. The van der Waals surface area contributed by atoms with Crippen LogP contribution in [0.5, 0.6) is 5.75 Å². The predicted molar refractivity (Wildman–Crippen MR) is 94.7 cm³/mol. The molecule has 1 aliphatic rings. The van der Waals surface area contributed by atoms with Gasteiger partial charge in [0.2, 0.25) is 0 Å². The Labute approximate surface area is 148 Å². The van der Waals surface area contributed by atoms with Crippen LogP contribution in [0.2, 0.25) is 0 Å². The topological polar surface area (TPSA) is 65.1 Å². The van der Waals surface area contributed by atoms with E-state index in [1.54, 1.807) is 11.0 Å². The van der Waals surface area contributed by atoms with Gasteiger partial charge in [-0.2, -0.15) is 0 Å². The average Bonchev–Trinajstić information content (AvgIpc) is 2.59. The molecule has 0 saturated heterocycles. The predicted octanol–water partition coefficient (Wildman–Crippen LogP) is 3.51. The van der Waals surface area contributed by atoms with E-state index < -0.39 is 11.6 Å². The molecule has 0 spiro atoms. The molecule has 0 radical (unpaired) electrons. The van der Waals surface area contributed by atoms with Crippen molar-refractivity contribution in [2.75, 3.05) is 27.3 Å². The van der Waals surface area contributed by atoms with Gasteiger partial charge in [-0.3, -0.25) is 0 Å². The first kappa shape index (κ1) is 18.8. The molecule has 136 valence electrons. The first-order chi connectivity index (χ1) is 11.7. The van der Waals surface area contributed by atoms with Crippen molar-refractivity contribution in [3.63, 3.8) is 0 Å². The van der Waals surface area contributed by atoms with Crippen LogP contribution >= 0.6 is 0 Å². The molecular weight excluding hydrogens is 322 g/mol. The van der Waals surface area contributed by atoms with E-state index >= 15 is 0 Å². The van der Waals surface area contributed by atoms with Gasteiger partial charge in [-0.05, 0) is 50.5 Å². The number of nitrogens with zero attached hydrogens (tertiary/aromatic N) is 1. The monoisotopic (exact) mass is 347 g/mol. The lowest BCUT2D eigenvalue weighted by molar-refractivity contribution is 0.0270. The molecule has 6 heteroatoms. The van der Waals surface area contributed by atoms with Gasteiger partial charge < -0.3 is 19.1 Å². The summed E-state index contributed by atoms with van der Waals surface area (Å²) in [6, 6.07) is 5.38. The van der Waals surface area contributed by atoms with Crippen molar-refractivity contribution >= 4 is 17.6 Å². The molecule has 1 aromatic rings. The van der Waals surface area contributed by atoms with Crippen LogP contribution in [-0.4, -0.2) is 49.9 Å². The second kappa shape index (κ2) is 7.59. The molecule has 2 rings (SSSR count). The van der Waals surface area contributed by atoms with E-state index in [1.807, 2.05) is 39.0 Å². The Morgan fingerprint density at radius 1 is 1.16 bits per heavy atom. The number of hydrogen-bond acceptors (Lipinski definition) is 5. The minimum Gasteiger partial charge on any atom is -0.496 e. The lowest BCUT2D eigenvalue weighted by atomic mass is 9.98. The third kappa shape index (κ3) is 4.75. The molecule has 0 bridgehead atoms. The maximum Gasteiger partial charge on any atom is 0.410 e. The molecule has 1 aliphatic heterocycles. The summed E-state index contributed by atoms with van der Waals surface area (Å²) in [5.74, 6) is 0.0388. The summed E-state index contributed by atoms with van der Waals surface area (Å²) in [5.41, 5.74) is 1.96. The van der Waals surface area contributed by atoms with Crippen molar-refractivity contribution in [2.24, 2.45) is 0 Å². The normalized spacial score (nSPS) is 14.6. The second-order valence-electron chi connectivity index (χ2n) is 6.81. The van der Waals surface area contributed by atoms with Gasteiger partial charge in [0.15, 0.2) is 0 Å². The number of carbonyl (C=O) groups excluding carboxylic acids is 2. The zero-order chi connectivity index (χ0) is 18.6. The van der Waals surface area contributed by atoms with Crippen LogP contribution in [0.3, 0.4) is 0 Å². The van der Waals surface area contributed by atoms with Crippen LogP contribution in [0.25, 0.3) is 5.57 Å². The third-order valence-electron chi connectivity index (χ3n) is 3.84. The Bertz CT molecular complexity index is 688. The van der Waals surface area contributed by atoms with Crippen molar-refractivity contribution in [1.82, 2.24) is 4.90 Å². The number of amides is 1. The first-order valence-corrected chi connectivity index (χ1v) is 8.19. The molecule has 6 nitrogen and oxygen atoms in total. The van der Waals surface area contributed by atoms with Crippen molar-refractivity contribution in [3.05, 3.63) is 35.4 Å². The van der Waals surface area contributed by atoms with E-state index in [9.17, 15) is 9.59 Å². The summed E-state index contributed by atoms with van der Waals surface area (Å²) in [6.07, 6.45) is 2.40. The van der Waals surface area contributed by atoms with Gasteiger partial charge in [0, 0.05) is 13.1 Å². The fourth-order valence-electron chi connectivity index (χ4n) is 2.59. The number of esters is 1. The Morgan fingerprint density at radius 3 is 2.40 bits per heavy atom. The van der Waals surface area contributed by atoms with Gasteiger partial charge in [-0.1, -0.05) is 12.1 Å². The van der Waals surface area contributed by atoms with Crippen LogP contribution in [0.1, 0.15) is 43.1 Å². The van der Waals surface area contributed by atoms with Crippen LogP contribution in [0.15, 0.2) is 24.3 Å². The molecule has 0 saturated carbocycles. The zero-order valence-electron chi connectivity index (χ0n) is 15.4. The third-order valence-corrected chi connectivity index (χ3v) is 3.84. The number of carbonyl (C=O) groups is 2. The molecule has 0 aromatic heterocycles. The first-order valence-electron chi connectivity index (χ1n) is 8.19. The van der Waals surface area contributed by atoms with Gasteiger partial charge in [-0.25, -0.2) is 9.59 Å². The van der Waals surface area contributed by atoms with E-state index in [4.69, 9.17) is 14.2 Å². The van der Waals surface area contributed by atoms with E-state index in [1.165, 1.54) is 14.2 Å². The van der Waals surface area contributed by atoms with Crippen LogP contribution in [0, 0.1) is 0 Å². The van der Waals surface area contributed by atoms with Gasteiger partial charge >= 0.3 is 12.1 Å². The van der Waals surface area contributed by atoms with Crippen molar-refractivity contribution in [3.8, 4) is 5.75 Å². The maximum atomic E-state index is 12.1. The fraction of sp³-hybridized carbons (Fsp3) is 0.474. The van der Waals surface area contributed by atoms with Crippen molar-refractivity contribution in [1.29, 1.82) is 0 Å². The molecule has 25 heavy (non-hydrogen) atoms. The minimum atomic E-state index is -0.502. The number of hydrogen-bond donors (Lipinski definition) is 0. The Kier molecular flexibility index (Phi) is 5.72. The highest BCUT2D eigenvalue weighted by Crippen LogP contribution is 2.29. The summed E-state index contributed by atoms with van der Waals surface area (Å²) in [4.78, 5) is 25.5. The largest absolute Gasteiger partial charge is 0.496 e. The Morgan fingerprint density at radius 2 is 1.88 bits per heavy atom. The maximum absolute atomic E-state index is 12.1. The average molecular weight is 347 g/mol. The molecule has 1 heterocycles. The summed E-state index contributed by atoms with van der Waals surface area (Å²) in [7, 11) is 2.86. The highest BCUT2D eigenvalue weighted by atomic mass is 16.6. The van der Waals surface area contributed by atoms with Crippen molar-refractivity contribution in [2.45, 2.75) is 32.8 Å². The molecule has 0 aliphatic carbocycles. The van der Waals surface area contributed by atoms with E-state index in [0.29, 0.717) is 30.8 Å². The van der Waals surface area contributed by atoms with E-state index in [-0.39, 0.29) is 6.09 Å². The quantitative estimate of drug-likeness (QED) is 0.783. The molecular formula is C19H25NO5. The molecule has 1 aromatic carbocycles. The Balaban J connectivity index is 2.13. The Hall–Kier alpha value is -2.50. The molecule has 0 atom stereocenters. The summed E-state index contributed by atoms with van der Waals surface area (Å²) < 4.78 is 15.4. The zero-order valence-corrected chi connectivity index (χ0v) is 15.4. The SMILES string of the molecule is COC(=O)c1ccc(C2=CCN(C(=O)OC(C)(C)C)CC2)cc1OC. The fourth-order valence-corrected chi connectivity index (χ4v) is 2.59. The highest BCUT2D eigenvalue weighted by molar-refractivity contribution is 5.93.